The fourth-order valence-electron chi connectivity index (χ4n) is 2.36. The lowest BCUT2D eigenvalue weighted by Crippen LogP contribution is -2.35. The zero-order valence-electron chi connectivity index (χ0n) is 10.8. The maximum Gasteiger partial charge on any atom is 0.261 e. The SMILES string of the molecule is Cc1sc(C(=O)NC2CCCCC2)cc1S(N)(=O)=O. The van der Waals surface area contributed by atoms with Gasteiger partial charge in [-0.25, -0.2) is 13.6 Å². The van der Waals surface area contributed by atoms with Gasteiger partial charge in [0.15, 0.2) is 0 Å². The van der Waals surface area contributed by atoms with Gasteiger partial charge in [-0.05, 0) is 25.8 Å². The Hall–Kier alpha value is -0.920. The first-order valence-electron chi connectivity index (χ1n) is 6.32. The lowest BCUT2D eigenvalue weighted by Gasteiger charge is -2.22. The van der Waals surface area contributed by atoms with Gasteiger partial charge in [0.25, 0.3) is 5.91 Å². The van der Waals surface area contributed by atoms with E-state index in [1.165, 1.54) is 23.8 Å². The minimum atomic E-state index is -3.75. The van der Waals surface area contributed by atoms with E-state index >= 15 is 0 Å². The van der Waals surface area contributed by atoms with Crippen molar-refractivity contribution < 1.29 is 13.2 Å². The molecule has 0 atom stereocenters. The highest BCUT2D eigenvalue weighted by atomic mass is 32.2. The summed E-state index contributed by atoms with van der Waals surface area (Å²) in [6.45, 7) is 1.65. The molecule has 1 amide bonds. The summed E-state index contributed by atoms with van der Waals surface area (Å²) in [5.74, 6) is -0.199. The number of rotatable bonds is 3. The molecule has 3 N–H and O–H groups in total. The van der Waals surface area contributed by atoms with Crippen molar-refractivity contribution in [2.24, 2.45) is 5.14 Å². The number of sulfonamides is 1. The summed E-state index contributed by atoms with van der Waals surface area (Å²) in [4.78, 5) is 13.1. The highest BCUT2D eigenvalue weighted by Crippen LogP contribution is 2.25. The molecule has 0 unspecified atom stereocenters. The number of primary sulfonamides is 1. The van der Waals surface area contributed by atoms with E-state index in [9.17, 15) is 13.2 Å². The van der Waals surface area contributed by atoms with Crippen LogP contribution in [0.1, 0.15) is 46.7 Å². The molecule has 1 aromatic heterocycles. The molecule has 7 heteroatoms. The lowest BCUT2D eigenvalue weighted by atomic mass is 9.95. The Kier molecular flexibility index (Phi) is 4.27. The summed E-state index contributed by atoms with van der Waals surface area (Å²) in [6, 6.07) is 1.58. The number of carbonyl (C=O) groups is 1. The van der Waals surface area contributed by atoms with E-state index in [2.05, 4.69) is 5.32 Å². The summed E-state index contributed by atoms with van der Waals surface area (Å²) in [5.41, 5.74) is 0. The molecule has 1 saturated carbocycles. The molecule has 0 aromatic carbocycles. The number of hydrogen-bond donors (Lipinski definition) is 2. The molecule has 0 saturated heterocycles. The molecule has 1 aliphatic carbocycles. The Morgan fingerprint density at radius 2 is 2.00 bits per heavy atom. The van der Waals surface area contributed by atoms with Crippen molar-refractivity contribution in [3.63, 3.8) is 0 Å². The van der Waals surface area contributed by atoms with Gasteiger partial charge < -0.3 is 5.32 Å². The van der Waals surface area contributed by atoms with Crippen LogP contribution in [0.2, 0.25) is 0 Å². The topological polar surface area (TPSA) is 89.3 Å². The van der Waals surface area contributed by atoms with E-state index in [1.54, 1.807) is 6.92 Å². The fraction of sp³-hybridized carbons (Fsp3) is 0.583. The zero-order chi connectivity index (χ0) is 14.0. The lowest BCUT2D eigenvalue weighted by molar-refractivity contribution is 0.0931. The van der Waals surface area contributed by atoms with Crippen LogP contribution in [0.5, 0.6) is 0 Å². The highest BCUT2D eigenvalue weighted by molar-refractivity contribution is 7.89. The van der Waals surface area contributed by atoms with Crippen molar-refractivity contribution in [3.05, 3.63) is 15.8 Å². The first-order valence-corrected chi connectivity index (χ1v) is 8.68. The molecule has 1 aliphatic rings. The van der Waals surface area contributed by atoms with Crippen LogP contribution in [0.3, 0.4) is 0 Å². The van der Waals surface area contributed by atoms with Gasteiger partial charge in [-0.15, -0.1) is 11.3 Å². The fourth-order valence-corrected chi connectivity index (χ4v) is 4.41. The van der Waals surface area contributed by atoms with Gasteiger partial charge >= 0.3 is 0 Å². The summed E-state index contributed by atoms with van der Waals surface area (Å²) in [7, 11) is -3.75. The monoisotopic (exact) mass is 302 g/mol. The average Bonchev–Trinajstić information content (AvgIpc) is 2.72. The summed E-state index contributed by atoms with van der Waals surface area (Å²) >= 11 is 1.17. The molecular formula is C12H18N2O3S2. The third-order valence-electron chi connectivity index (χ3n) is 3.34. The van der Waals surface area contributed by atoms with E-state index in [0.29, 0.717) is 9.75 Å². The number of nitrogens with two attached hydrogens (primary N) is 1. The number of carbonyl (C=O) groups excluding carboxylic acids is 1. The second-order valence-corrected chi connectivity index (χ2v) is 7.67. The first kappa shape index (κ1) is 14.5. The molecule has 0 radical (unpaired) electrons. The number of hydrogen-bond acceptors (Lipinski definition) is 4. The highest BCUT2D eigenvalue weighted by Gasteiger charge is 2.21. The largest absolute Gasteiger partial charge is 0.349 e. The number of aryl methyl sites for hydroxylation is 1. The van der Waals surface area contributed by atoms with Gasteiger partial charge in [-0.3, -0.25) is 4.79 Å². The van der Waals surface area contributed by atoms with E-state index in [4.69, 9.17) is 5.14 Å². The predicted octanol–water partition coefficient (Wildman–Crippen LogP) is 1.77. The standard InChI is InChI=1S/C12H18N2O3S2/c1-8-11(19(13,16)17)7-10(18-8)12(15)14-9-5-3-2-4-6-9/h7,9H,2-6H2,1H3,(H,14,15)(H2,13,16,17). The minimum Gasteiger partial charge on any atom is -0.349 e. The van der Waals surface area contributed by atoms with Crippen LogP contribution in [0.15, 0.2) is 11.0 Å². The molecule has 1 heterocycles. The van der Waals surface area contributed by atoms with E-state index in [0.717, 1.165) is 25.7 Å². The molecule has 106 valence electrons. The molecule has 0 spiro atoms. The van der Waals surface area contributed by atoms with Gasteiger partial charge in [0, 0.05) is 10.9 Å². The molecular weight excluding hydrogens is 284 g/mol. The Morgan fingerprint density at radius 1 is 1.37 bits per heavy atom. The van der Waals surface area contributed by atoms with Crippen molar-refractivity contribution in [2.45, 2.75) is 50.0 Å². The van der Waals surface area contributed by atoms with Crippen LogP contribution < -0.4 is 10.5 Å². The summed E-state index contributed by atoms with van der Waals surface area (Å²) in [5, 5.41) is 8.07. The van der Waals surface area contributed by atoms with Gasteiger partial charge in [0.05, 0.1) is 9.77 Å². The van der Waals surface area contributed by atoms with Crippen molar-refractivity contribution >= 4 is 27.3 Å². The quantitative estimate of drug-likeness (QED) is 0.891. The molecule has 1 aromatic rings. The summed E-state index contributed by atoms with van der Waals surface area (Å²) in [6.07, 6.45) is 5.49. The second kappa shape index (κ2) is 5.60. The zero-order valence-corrected chi connectivity index (χ0v) is 12.4. The van der Waals surface area contributed by atoms with Gasteiger partial charge in [-0.2, -0.15) is 0 Å². The molecule has 19 heavy (non-hydrogen) atoms. The molecule has 5 nitrogen and oxygen atoms in total. The molecule has 0 aliphatic heterocycles. The Balaban J connectivity index is 2.11. The molecule has 0 bridgehead atoms. The maximum atomic E-state index is 12.1. The smallest absolute Gasteiger partial charge is 0.261 e. The minimum absolute atomic E-state index is 0.0475. The third-order valence-corrected chi connectivity index (χ3v) is 5.56. The van der Waals surface area contributed by atoms with Crippen molar-refractivity contribution in [1.82, 2.24) is 5.32 Å². The van der Waals surface area contributed by atoms with Crippen LogP contribution in [0.25, 0.3) is 0 Å². The molecule has 1 fully saturated rings. The van der Waals surface area contributed by atoms with Crippen molar-refractivity contribution in [1.29, 1.82) is 0 Å². The number of nitrogens with one attached hydrogen (secondary N) is 1. The Bertz CT molecular complexity index is 572. The van der Waals surface area contributed by atoms with Gasteiger partial charge in [0.2, 0.25) is 10.0 Å². The Morgan fingerprint density at radius 3 is 2.53 bits per heavy atom. The van der Waals surface area contributed by atoms with Crippen LogP contribution >= 0.6 is 11.3 Å². The van der Waals surface area contributed by atoms with Crippen LogP contribution in [0.4, 0.5) is 0 Å². The van der Waals surface area contributed by atoms with E-state index in [-0.39, 0.29) is 16.8 Å². The van der Waals surface area contributed by atoms with Gasteiger partial charge in [-0.1, -0.05) is 19.3 Å². The van der Waals surface area contributed by atoms with Crippen LogP contribution in [0, 0.1) is 6.92 Å². The van der Waals surface area contributed by atoms with Crippen LogP contribution in [-0.2, 0) is 10.0 Å². The van der Waals surface area contributed by atoms with E-state index in [1.807, 2.05) is 0 Å². The van der Waals surface area contributed by atoms with Crippen molar-refractivity contribution in [3.8, 4) is 0 Å². The van der Waals surface area contributed by atoms with Crippen molar-refractivity contribution in [2.75, 3.05) is 0 Å². The summed E-state index contributed by atoms with van der Waals surface area (Å²) < 4.78 is 22.7. The van der Waals surface area contributed by atoms with Gasteiger partial charge in [0.1, 0.15) is 0 Å². The first-order chi connectivity index (χ1) is 8.88. The van der Waals surface area contributed by atoms with Crippen LogP contribution in [-0.4, -0.2) is 20.4 Å². The molecule has 2 rings (SSSR count). The number of amides is 1. The third kappa shape index (κ3) is 3.55. The average molecular weight is 302 g/mol. The van der Waals surface area contributed by atoms with E-state index < -0.39 is 10.0 Å². The predicted molar refractivity (Wildman–Crippen MR) is 74.8 cm³/mol. The normalized spacial score (nSPS) is 17.4. The Labute approximate surface area is 117 Å². The number of thiophene rings is 1. The maximum absolute atomic E-state index is 12.1. The second-order valence-electron chi connectivity index (χ2n) is 4.88.